The normalized spacial score (nSPS) is 39.3. The van der Waals surface area contributed by atoms with E-state index in [9.17, 15) is 0 Å². The Morgan fingerprint density at radius 2 is 1.55 bits per heavy atom. The maximum absolute atomic E-state index is 3.02. The second kappa shape index (κ2) is 8.75. The van der Waals surface area contributed by atoms with Crippen LogP contribution in [0.4, 0.5) is 0 Å². The summed E-state index contributed by atoms with van der Waals surface area (Å²) in [5, 5.41) is 3.66. The SMILES string of the molecule is [SeH]C(CC1CS1)CC1C[Se]C[Se]C1CC([SeH])CC1CS1. The zero-order chi connectivity index (χ0) is 13.9. The zero-order valence-corrected chi connectivity index (χ0v) is 20.5. The predicted molar refractivity (Wildman–Crippen MR) is 101 cm³/mol. The summed E-state index contributed by atoms with van der Waals surface area (Å²) in [6.45, 7) is 0. The third-order valence-corrected chi connectivity index (χ3v) is 15.4. The van der Waals surface area contributed by atoms with Crippen molar-refractivity contribution in [3.05, 3.63) is 0 Å². The van der Waals surface area contributed by atoms with Gasteiger partial charge in [-0.1, -0.05) is 0 Å². The Morgan fingerprint density at radius 1 is 0.950 bits per heavy atom. The molecule has 0 aromatic rings. The number of hydrogen-bond acceptors (Lipinski definition) is 2. The third kappa shape index (κ3) is 6.35. The molecule has 3 aliphatic heterocycles. The van der Waals surface area contributed by atoms with Gasteiger partial charge in [0.15, 0.2) is 0 Å². The molecule has 3 fully saturated rings. The molecule has 0 bridgehead atoms. The van der Waals surface area contributed by atoms with E-state index in [4.69, 9.17) is 0 Å². The van der Waals surface area contributed by atoms with Gasteiger partial charge in [0.2, 0.25) is 0 Å². The molecule has 6 heteroatoms. The molecule has 0 spiro atoms. The molecule has 0 aromatic carbocycles. The van der Waals surface area contributed by atoms with Crippen LogP contribution in [0.15, 0.2) is 0 Å². The minimum absolute atomic E-state index is 0.934. The fourth-order valence-corrected chi connectivity index (χ4v) is 16.2. The van der Waals surface area contributed by atoms with Gasteiger partial charge in [0, 0.05) is 0 Å². The molecule has 0 N–H and O–H groups in total. The fraction of sp³-hybridized carbons (Fsp3) is 1.00. The van der Waals surface area contributed by atoms with Crippen LogP contribution in [0.5, 0.6) is 0 Å². The Morgan fingerprint density at radius 3 is 2.15 bits per heavy atom. The molecule has 20 heavy (non-hydrogen) atoms. The van der Waals surface area contributed by atoms with Gasteiger partial charge in [0.05, 0.1) is 0 Å². The van der Waals surface area contributed by atoms with Crippen molar-refractivity contribution in [3.63, 3.8) is 0 Å². The Labute approximate surface area is 161 Å². The Hall–Kier alpha value is 2.78. The molecule has 0 amide bonds. The standard InChI is InChI=1S/C14H24S2Se4/c17-12(2-10-5-15-10)1-9-7-19-8-20-14(9)4-13(18)3-11-6-16-11/h9-14,17-18H,1-8H2. The van der Waals surface area contributed by atoms with E-state index >= 15 is 0 Å². The quantitative estimate of drug-likeness (QED) is 0.325. The monoisotopic (exact) mass is 576 g/mol. The van der Waals surface area contributed by atoms with Crippen molar-refractivity contribution >= 4 is 85.5 Å². The van der Waals surface area contributed by atoms with Gasteiger partial charge in [-0.15, -0.1) is 0 Å². The molecule has 3 aliphatic rings. The average molecular weight is 572 g/mol. The number of thioether (sulfide) groups is 2. The Kier molecular flexibility index (Phi) is 7.70. The van der Waals surface area contributed by atoms with Gasteiger partial charge in [-0.25, -0.2) is 0 Å². The molecule has 6 unspecified atom stereocenters. The number of hydrogen-bond donors (Lipinski definition) is 0. The maximum atomic E-state index is 3.02. The summed E-state index contributed by atoms with van der Waals surface area (Å²) in [6, 6.07) is 0. The fourth-order valence-electron chi connectivity index (χ4n) is 2.88. The van der Waals surface area contributed by atoms with E-state index < -0.39 is 0 Å². The molecule has 3 saturated heterocycles. The zero-order valence-electron chi connectivity index (χ0n) is 11.6. The van der Waals surface area contributed by atoms with E-state index in [-0.39, 0.29) is 0 Å². The molecule has 6 atom stereocenters. The second-order valence-electron chi connectivity index (χ2n) is 6.11. The van der Waals surface area contributed by atoms with Gasteiger partial charge in [0.1, 0.15) is 0 Å². The van der Waals surface area contributed by atoms with Crippen LogP contribution in [0.25, 0.3) is 0 Å². The summed E-state index contributed by atoms with van der Waals surface area (Å²) in [4.78, 5) is 2.99. The van der Waals surface area contributed by atoms with Gasteiger partial charge < -0.3 is 0 Å². The molecule has 0 nitrogen and oxygen atoms in total. The summed E-state index contributed by atoms with van der Waals surface area (Å²) in [5.41, 5.74) is 0. The number of rotatable bonds is 8. The molecule has 0 saturated carbocycles. The molecule has 0 radical (unpaired) electrons. The summed E-state index contributed by atoms with van der Waals surface area (Å²) in [6.07, 6.45) is 6.04. The van der Waals surface area contributed by atoms with Crippen LogP contribution in [0.1, 0.15) is 25.7 Å². The summed E-state index contributed by atoms with van der Waals surface area (Å²) >= 11 is 12.4. The molecule has 116 valence electrons. The van der Waals surface area contributed by atoms with E-state index in [0.717, 1.165) is 60.8 Å². The van der Waals surface area contributed by atoms with Crippen LogP contribution in [0.2, 0.25) is 24.0 Å². The molecular formula is C14H24S2Se4. The Bertz CT molecular complexity index is 280. The van der Waals surface area contributed by atoms with Crippen LogP contribution < -0.4 is 0 Å². The van der Waals surface area contributed by atoms with Crippen LogP contribution in [0, 0.1) is 5.92 Å². The summed E-state index contributed by atoms with van der Waals surface area (Å²) in [5.74, 6) is 3.99. The van der Waals surface area contributed by atoms with Crippen molar-refractivity contribution in [1.82, 2.24) is 0 Å². The van der Waals surface area contributed by atoms with Crippen molar-refractivity contribution in [2.45, 2.75) is 60.2 Å². The van der Waals surface area contributed by atoms with Crippen molar-refractivity contribution in [1.29, 1.82) is 0 Å². The third-order valence-electron chi connectivity index (χ3n) is 4.18. The Balaban J connectivity index is 1.44. The molecule has 0 aliphatic carbocycles. The van der Waals surface area contributed by atoms with Crippen molar-refractivity contribution in [2.24, 2.45) is 5.92 Å². The van der Waals surface area contributed by atoms with Crippen molar-refractivity contribution in [2.75, 3.05) is 11.5 Å². The van der Waals surface area contributed by atoms with E-state index in [1.807, 2.05) is 0 Å². The topological polar surface area (TPSA) is 0 Å². The first-order chi connectivity index (χ1) is 9.70. The predicted octanol–water partition coefficient (Wildman–Crippen LogP) is 2.78. The van der Waals surface area contributed by atoms with Gasteiger partial charge >= 0.3 is 163 Å². The van der Waals surface area contributed by atoms with Crippen LogP contribution in [0.3, 0.4) is 0 Å². The summed E-state index contributed by atoms with van der Waals surface area (Å²) in [7, 11) is 0. The molecule has 3 rings (SSSR count). The molecular weight excluding hydrogens is 548 g/mol. The van der Waals surface area contributed by atoms with Crippen LogP contribution in [-0.4, -0.2) is 83.9 Å². The second-order valence-corrected chi connectivity index (χ2v) is 18.4. The van der Waals surface area contributed by atoms with Gasteiger partial charge in [-0.3, -0.25) is 0 Å². The van der Waals surface area contributed by atoms with E-state index in [1.54, 1.807) is 9.54 Å². The van der Waals surface area contributed by atoms with Gasteiger partial charge in [0.25, 0.3) is 0 Å². The van der Waals surface area contributed by atoms with Crippen LogP contribution >= 0.6 is 23.5 Å². The first-order valence-corrected chi connectivity index (χ1v) is 16.4. The van der Waals surface area contributed by atoms with E-state index in [1.165, 1.54) is 37.2 Å². The van der Waals surface area contributed by atoms with Crippen molar-refractivity contribution in [3.8, 4) is 0 Å². The van der Waals surface area contributed by atoms with Gasteiger partial charge in [-0.05, 0) is 0 Å². The van der Waals surface area contributed by atoms with Gasteiger partial charge in [-0.2, -0.15) is 0 Å². The molecule has 3 heterocycles. The van der Waals surface area contributed by atoms with E-state index in [2.05, 4.69) is 55.5 Å². The minimum atomic E-state index is 0.934. The average Bonchev–Trinajstić information content (AvgIpc) is 3.28. The van der Waals surface area contributed by atoms with E-state index in [0.29, 0.717) is 0 Å². The first kappa shape index (κ1) is 17.6. The summed E-state index contributed by atoms with van der Waals surface area (Å²) < 4.78 is 1.63. The van der Waals surface area contributed by atoms with Crippen LogP contribution in [-0.2, 0) is 0 Å². The molecule has 0 aromatic heterocycles. The first-order valence-electron chi connectivity index (χ1n) is 7.49. The van der Waals surface area contributed by atoms with Crippen molar-refractivity contribution < 1.29 is 0 Å².